The molecule has 4 aromatic rings. The molecule has 0 aliphatic carbocycles. The zero-order chi connectivity index (χ0) is 29.0. The molecule has 0 atom stereocenters. The van der Waals surface area contributed by atoms with E-state index in [0.29, 0.717) is 22.0 Å². The van der Waals surface area contributed by atoms with Crippen LogP contribution in [0.1, 0.15) is 47.1 Å². The lowest BCUT2D eigenvalue weighted by atomic mass is 10.1. The van der Waals surface area contributed by atoms with Gasteiger partial charge in [-0.05, 0) is 99.9 Å². The molecule has 0 spiro atoms. The van der Waals surface area contributed by atoms with Crippen LogP contribution in [0.15, 0.2) is 124 Å². The summed E-state index contributed by atoms with van der Waals surface area (Å²) in [6.07, 6.45) is 0. The van der Waals surface area contributed by atoms with Crippen LogP contribution in [0.4, 0.5) is 0 Å². The van der Waals surface area contributed by atoms with Crippen LogP contribution in [-0.2, 0) is 19.5 Å². The van der Waals surface area contributed by atoms with E-state index in [1.807, 2.05) is 139 Å². The van der Waals surface area contributed by atoms with Crippen molar-refractivity contribution in [2.45, 2.75) is 73.2 Å². The van der Waals surface area contributed by atoms with Crippen molar-refractivity contribution in [3.63, 3.8) is 0 Å². The molecule has 0 radical (unpaired) electrons. The third-order valence-electron chi connectivity index (χ3n) is 5.62. The molecule has 5 nitrogen and oxygen atoms in total. The van der Waals surface area contributed by atoms with Crippen molar-refractivity contribution in [3.05, 3.63) is 115 Å². The molecule has 4 rings (SSSR count). The Kier molecular flexibility index (Phi) is 8.69. The molecule has 0 heterocycles. The second-order valence-electron chi connectivity index (χ2n) is 11.5. The van der Waals surface area contributed by atoms with E-state index < -0.39 is 31.6 Å². The van der Waals surface area contributed by atoms with Gasteiger partial charge < -0.3 is 9.47 Å². The van der Waals surface area contributed by atoms with E-state index >= 15 is 0 Å². The molecule has 212 valence electrons. The Morgan fingerprint density at radius 2 is 1.00 bits per heavy atom. The summed E-state index contributed by atoms with van der Waals surface area (Å²) in [4.78, 5) is 2.19. The summed E-state index contributed by atoms with van der Waals surface area (Å²) in [7, 11) is -6.83. The third kappa shape index (κ3) is 7.47. The molecule has 0 aliphatic rings. The van der Waals surface area contributed by atoms with E-state index in [-0.39, 0.29) is 5.75 Å². The second-order valence-corrected chi connectivity index (χ2v) is 16.0. The minimum absolute atomic E-state index is 0.251. The predicted octanol–water partition coefficient (Wildman–Crippen LogP) is 8.78. The van der Waals surface area contributed by atoms with Crippen LogP contribution in [-0.4, -0.2) is 19.6 Å². The third-order valence-corrected chi connectivity index (χ3v) is 10.7. The summed E-state index contributed by atoms with van der Waals surface area (Å²) in [5, 5.41) is 0. The van der Waals surface area contributed by atoms with Gasteiger partial charge in [0.15, 0.2) is 11.5 Å². The van der Waals surface area contributed by atoms with E-state index in [9.17, 15) is 8.42 Å². The monoisotopic (exact) mass is 578 g/mol. The van der Waals surface area contributed by atoms with Crippen molar-refractivity contribution in [3.8, 4) is 11.5 Å². The van der Waals surface area contributed by atoms with Gasteiger partial charge >= 0.3 is 0 Å². The Balaban J connectivity index is 1.98. The number of hydrogen-bond acceptors (Lipinski definition) is 5. The average molecular weight is 579 g/mol. The van der Waals surface area contributed by atoms with Crippen molar-refractivity contribution in [2.24, 2.45) is 0 Å². The minimum atomic E-state index is -4.06. The Morgan fingerprint density at radius 3 is 1.48 bits per heavy atom. The molecular weight excluding hydrogens is 540 g/mol. The molecule has 40 heavy (non-hydrogen) atoms. The standard InChI is InChI=1S/C33H38O5S2/c1-32(2,3)36-30-23-22-29(24-31(30)37-33(4,5)6)40(27-18-12-8-13-19-27,28-20-14-9-15-21-28)38-39(34,35)25-26-16-10-7-11-17-26/h7-24H,25H2,1-6H3. The van der Waals surface area contributed by atoms with Crippen LogP contribution in [0, 0.1) is 0 Å². The summed E-state index contributed by atoms with van der Waals surface area (Å²) in [5.74, 6) is 0.846. The van der Waals surface area contributed by atoms with Gasteiger partial charge in [-0.15, -0.1) is 0 Å². The molecule has 0 fully saturated rings. The topological polar surface area (TPSA) is 61.8 Å². The van der Waals surface area contributed by atoms with Crippen molar-refractivity contribution in [1.82, 2.24) is 0 Å². The Labute approximate surface area is 240 Å². The molecule has 0 unspecified atom stereocenters. The van der Waals surface area contributed by atoms with Crippen molar-refractivity contribution >= 4 is 20.4 Å². The Hall–Kier alpha value is -3.26. The van der Waals surface area contributed by atoms with Gasteiger partial charge in [-0.1, -0.05) is 66.7 Å². The summed E-state index contributed by atoms with van der Waals surface area (Å²) < 4.78 is 46.8. The first-order valence-electron chi connectivity index (χ1n) is 13.2. The normalized spacial score (nSPS) is 13.1. The highest BCUT2D eigenvalue weighted by atomic mass is 32.3. The van der Waals surface area contributed by atoms with Crippen LogP contribution in [0.2, 0.25) is 0 Å². The maximum absolute atomic E-state index is 13.8. The lowest BCUT2D eigenvalue weighted by Gasteiger charge is -2.40. The van der Waals surface area contributed by atoms with Crippen LogP contribution in [0.5, 0.6) is 11.5 Å². The highest BCUT2D eigenvalue weighted by Crippen LogP contribution is 2.70. The summed E-state index contributed by atoms with van der Waals surface area (Å²) >= 11 is 0. The number of rotatable bonds is 9. The molecule has 0 N–H and O–H groups in total. The van der Waals surface area contributed by atoms with Crippen LogP contribution in [0.3, 0.4) is 0 Å². The zero-order valence-corrected chi connectivity index (χ0v) is 25.6. The first-order valence-corrected chi connectivity index (χ1v) is 16.3. The van der Waals surface area contributed by atoms with Gasteiger partial charge in [-0.3, -0.25) is 0 Å². The Bertz CT molecular complexity index is 1470. The van der Waals surface area contributed by atoms with E-state index in [0.717, 1.165) is 9.79 Å². The largest absolute Gasteiger partial charge is 0.484 e. The number of hydrogen-bond donors (Lipinski definition) is 0. The molecule has 0 aliphatic heterocycles. The predicted molar refractivity (Wildman–Crippen MR) is 163 cm³/mol. The fourth-order valence-corrected chi connectivity index (χ4v) is 9.61. The van der Waals surface area contributed by atoms with Gasteiger partial charge in [0.05, 0.1) is 0 Å². The molecular formula is C33H38O5S2. The van der Waals surface area contributed by atoms with E-state index in [1.165, 1.54) is 0 Å². The van der Waals surface area contributed by atoms with Crippen molar-refractivity contribution < 1.29 is 21.5 Å². The highest BCUT2D eigenvalue weighted by Gasteiger charge is 2.38. The minimum Gasteiger partial charge on any atom is -0.484 e. The van der Waals surface area contributed by atoms with E-state index in [2.05, 4.69) is 0 Å². The second kappa shape index (κ2) is 11.7. The fourth-order valence-electron chi connectivity index (χ4n) is 4.20. The number of benzene rings is 4. The molecule has 0 amide bonds. The number of ether oxygens (including phenoxy) is 2. The van der Waals surface area contributed by atoms with Crippen molar-refractivity contribution in [2.75, 3.05) is 0 Å². The van der Waals surface area contributed by atoms with Crippen molar-refractivity contribution in [1.29, 1.82) is 0 Å². The molecule has 0 saturated heterocycles. The summed E-state index contributed by atoms with van der Waals surface area (Å²) in [6.45, 7) is 11.8. The van der Waals surface area contributed by atoms with Crippen LogP contribution in [0.25, 0.3) is 0 Å². The SMILES string of the molecule is CC(C)(C)Oc1ccc(S(OS(=O)(=O)Cc2ccccc2)(c2ccccc2)c2ccccc2)cc1OC(C)(C)C. The highest BCUT2D eigenvalue weighted by molar-refractivity contribution is 8.33. The van der Waals surface area contributed by atoms with Crippen LogP contribution < -0.4 is 9.47 Å². The molecule has 4 aromatic carbocycles. The molecule has 0 saturated carbocycles. The Morgan fingerprint density at radius 1 is 0.550 bits per heavy atom. The lowest BCUT2D eigenvalue weighted by Crippen LogP contribution is -2.26. The van der Waals surface area contributed by atoms with Crippen LogP contribution >= 0.6 is 10.3 Å². The maximum Gasteiger partial charge on any atom is 0.281 e. The van der Waals surface area contributed by atoms with E-state index in [4.69, 9.17) is 13.1 Å². The van der Waals surface area contributed by atoms with Gasteiger partial charge in [-0.25, -0.2) is 3.63 Å². The fraction of sp³-hybridized carbons (Fsp3) is 0.273. The van der Waals surface area contributed by atoms with Gasteiger partial charge in [0.25, 0.3) is 10.1 Å². The van der Waals surface area contributed by atoms with Gasteiger partial charge in [0, 0.05) is 14.7 Å². The zero-order valence-electron chi connectivity index (χ0n) is 24.0. The lowest BCUT2D eigenvalue weighted by molar-refractivity contribution is 0.0954. The first-order chi connectivity index (χ1) is 18.8. The average Bonchev–Trinajstić information content (AvgIpc) is 2.88. The maximum atomic E-state index is 13.8. The molecule has 7 heteroatoms. The van der Waals surface area contributed by atoms with Gasteiger partial charge in [-0.2, -0.15) is 8.42 Å². The van der Waals surface area contributed by atoms with Gasteiger partial charge in [0.2, 0.25) is 0 Å². The summed E-state index contributed by atoms with van der Waals surface area (Å²) in [5.41, 5.74) is -0.329. The van der Waals surface area contributed by atoms with E-state index in [1.54, 1.807) is 12.1 Å². The molecule has 0 bridgehead atoms. The van der Waals surface area contributed by atoms with Gasteiger partial charge in [0.1, 0.15) is 17.0 Å². The summed E-state index contributed by atoms with van der Waals surface area (Å²) in [6, 6.07) is 33.8. The quantitative estimate of drug-likeness (QED) is 0.199. The smallest absolute Gasteiger partial charge is 0.281 e. The molecule has 0 aromatic heterocycles. The first kappa shape index (κ1) is 29.7.